The fourth-order valence-electron chi connectivity index (χ4n) is 2.22. The van der Waals surface area contributed by atoms with Gasteiger partial charge < -0.3 is 4.90 Å². The SMILES string of the molecule is CC(C)N(Cc1ccccc1)C(=O)c1ccc(Cl)c([N+](=O)[O-])c1. The van der Waals surface area contributed by atoms with Crippen LogP contribution in [0.2, 0.25) is 5.02 Å². The van der Waals surface area contributed by atoms with Crippen LogP contribution < -0.4 is 0 Å². The van der Waals surface area contributed by atoms with Crippen molar-refractivity contribution in [1.29, 1.82) is 0 Å². The number of amides is 1. The van der Waals surface area contributed by atoms with E-state index in [0.717, 1.165) is 5.56 Å². The van der Waals surface area contributed by atoms with Gasteiger partial charge in [0.25, 0.3) is 11.6 Å². The normalized spacial score (nSPS) is 10.6. The van der Waals surface area contributed by atoms with Gasteiger partial charge in [0.2, 0.25) is 0 Å². The number of carbonyl (C=O) groups excluding carboxylic acids is 1. The maximum absolute atomic E-state index is 12.7. The molecule has 120 valence electrons. The molecule has 0 atom stereocenters. The second-order valence-electron chi connectivity index (χ2n) is 5.44. The Balaban J connectivity index is 2.31. The van der Waals surface area contributed by atoms with Crippen molar-refractivity contribution in [2.24, 2.45) is 0 Å². The number of halogens is 1. The number of carbonyl (C=O) groups is 1. The molecule has 0 N–H and O–H groups in total. The highest BCUT2D eigenvalue weighted by atomic mass is 35.5. The smallest absolute Gasteiger partial charge is 0.288 e. The summed E-state index contributed by atoms with van der Waals surface area (Å²) in [5.41, 5.74) is 0.990. The number of benzene rings is 2. The van der Waals surface area contributed by atoms with Crippen LogP contribution in [0, 0.1) is 10.1 Å². The van der Waals surface area contributed by atoms with Crippen LogP contribution >= 0.6 is 11.6 Å². The van der Waals surface area contributed by atoms with Gasteiger partial charge in [-0.25, -0.2) is 0 Å². The molecule has 0 saturated carbocycles. The Hall–Kier alpha value is -2.40. The standard InChI is InChI=1S/C17H17ClN2O3/c1-12(2)19(11-13-6-4-3-5-7-13)17(21)14-8-9-15(18)16(10-14)20(22)23/h3-10,12H,11H2,1-2H3. The highest BCUT2D eigenvalue weighted by molar-refractivity contribution is 6.32. The highest BCUT2D eigenvalue weighted by Gasteiger charge is 2.22. The van der Waals surface area contributed by atoms with Crippen molar-refractivity contribution in [1.82, 2.24) is 4.90 Å². The molecule has 0 bridgehead atoms. The first-order valence-corrected chi connectivity index (χ1v) is 7.56. The molecule has 0 aliphatic heterocycles. The lowest BCUT2D eigenvalue weighted by Gasteiger charge is -2.27. The average molecular weight is 333 g/mol. The average Bonchev–Trinajstić information content (AvgIpc) is 2.53. The van der Waals surface area contributed by atoms with Gasteiger partial charge in [-0.2, -0.15) is 0 Å². The summed E-state index contributed by atoms with van der Waals surface area (Å²) in [6.45, 7) is 4.25. The van der Waals surface area contributed by atoms with Crippen LogP contribution in [0.4, 0.5) is 5.69 Å². The summed E-state index contributed by atoms with van der Waals surface area (Å²) in [7, 11) is 0. The van der Waals surface area contributed by atoms with E-state index in [0.29, 0.717) is 6.54 Å². The molecule has 0 aliphatic carbocycles. The van der Waals surface area contributed by atoms with Gasteiger partial charge in [-0.3, -0.25) is 14.9 Å². The van der Waals surface area contributed by atoms with E-state index >= 15 is 0 Å². The zero-order valence-electron chi connectivity index (χ0n) is 12.9. The third kappa shape index (κ3) is 4.07. The first-order valence-electron chi connectivity index (χ1n) is 7.19. The number of nitro groups is 1. The lowest BCUT2D eigenvalue weighted by molar-refractivity contribution is -0.384. The number of nitrogens with zero attached hydrogens (tertiary/aromatic N) is 2. The number of hydrogen-bond acceptors (Lipinski definition) is 3. The van der Waals surface area contributed by atoms with Crippen LogP contribution in [0.3, 0.4) is 0 Å². The molecule has 0 aliphatic rings. The molecule has 0 fully saturated rings. The summed E-state index contributed by atoms with van der Waals surface area (Å²) in [4.78, 5) is 24.8. The van der Waals surface area contributed by atoms with Crippen molar-refractivity contribution in [2.75, 3.05) is 0 Å². The molecule has 0 radical (unpaired) electrons. The molecule has 6 heteroatoms. The fraction of sp³-hybridized carbons (Fsp3) is 0.235. The predicted molar refractivity (Wildman–Crippen MR) is 89.6 cm³/mol. The molecular formula is C17H17ClN2O3. The summed E-state index contributed by atoms with van der Waals surface area (Å²) in [5.74, 6) is -0.261. The Labute approximate surface area is 139 Å². The Kier molecular flexibility index (Phi) is 5.34. The zero-order valence-corrected chi connectivity index (χ0v) is 13.7. The van der Waals surface area contributed by atoms with E-state index < -0.39 is 4.92 Å². The molecule has 0 aromatic heterocycles. The van der Waals surface area contributed by atoms with E-state index in [1.165, 1.54) is 18.2 Å². The molecule has 1 amide bonds. The summed E-state index contributed by atoms with van der Waals surface area (Å²) in [6.07, 6.45) is 0. The monoisotopic (exact) mass is 332 g/mol. The molecule has 2 rings (SSSR count). The minimum absolute atomic E-state index is 0.0192. The van der Waals surface area contributed by atoms with Crippen LogP contribution in [0.1, 0.15) is 29.8 Å². The topological polar surface area (TPSA) is 63.5 Å². The minimum Gasteiger partial charge on any atom is -0.332 e. The van der Waals surface area contributed by atoms with Gasteiger partial charge in [0.15, 0.2) is 0 Å². The van der Waals surface area contributed by atoms with E-state index in [1.807, 2.05) is 44.2 Å². The summed E-state index contributed by atoms with van der Waals surface area (Å²) in [5, 5.41) is 11.0. The van der Waals surface area contributed by atoms with Gasteiger partial charge in [0.05, 0.1) is 4.92 Å². The van der Waals surface area contributed by atoms with Gasteiger partial charge in [-0.1, -0.05) is 41.9 Å². The van der Waals surface area contributed by atoms with Gasteiger partial charge in [-0.05, 0) is 31.5 Å². The molecule has 0 unspecified atom stereocenters. The van der Waals surface area contributed by atoms with Gasteiger partial charge in [-0.15, -0.1) is 0 Å². The van der Waals surface area contributed by atoms with Crippen LogP contribution in [-0.4, -0.2) is 21.8 Å². The number of nitro benzene ring substituents is 1. The van der Waals surface area contributed by atoms with Crippen LogP contribution in [-0.2, 0) is 6.54 Å². The quantitative estimate of drug-likeness (QED) is 0.605. The lowest BCUT2D eigenvalue weighted by atomic mass is 10.1. The highest BCUT2D eigenvalue weighted by Crippen LogP contribution is 2.26. The maximum Gasteiger partial charge on any atom is 0.288 e. The Morgan fingerprint density at radius 3 is 2.43 bits per heavy atom. The zero-order chi connectivity index (χ0) is 17.0. The molecule has 0 heterocycles. The molecule has 2 aromatic carbocycles. The van der Waals surface area contributed by atoms with Crippen molar-refractivity contribution in [3.63, 3.8) is 0 Å². The molecule has 0 saturated heterocycles. The van der Waals surface area contributed by atoms with Crippen LogP contribution in [0.15, 0.2) is 48.5 Å². The molecule has 0 spiro atoms. The van der Waals surface area contributed by atoms with E-state index in [-0.39, 0.29) is 28.2 Å². The third-order valence-corrected chi connectivity index (χ3v) is 3.79. The summed E-state index contributed by atoms with van der Waals surface area (Å²) >= 11 is 5.80. The number of hydrogen-bond donors (Lipinski definition) is 0. The van der Waals surface area contributed by atoms with E-state index in [4.69, 9.17) is 11.6 Å². The molecule has 23 heavy (non-hydrogen) atoms. The van der Waals surface area contributed by atoms with Crippen molar-refractivity contribution < 1.29 is 9.72 Å². The van der Waals surface area contributed by atoms with Crippen molar-refractivity contribution in [2.45, 2.75) is 26.4 Å². The molecule has 2 aromatic rings. The van der Waals surface area contributed by atoms with Gasteiger partial charge >= 0.3 is 0 Å². The first-order chi connectivity index (χ1) is 10.9. The van der Waals surface area contributed by atoms with Crippen LogP contribution in [0.5, 0.6) is 0 Å². The first kappa shape index (κ1) is 17.0. The second kappa shape index (κ2) is 7.24. The Morgan fingerprint density at radius 2 is 1.87 bits per heavy atom. The second-order valence-corrected chi connectivity index (χ2v) is 5.84. The summed E-state index contributed by atoms with van der Waals surface area (Å²) < 4.78 is 0. The maximum atomic E-state index is 12.7. The predicted octanol–water partition coefficient (Wildman–Crippen LogP) is 4.30. The van der Waals surface area contributed by atoms with E-state index in [9.17, 15) is 14.9 Å². The van der Waals surface area contributed by atoms with Crippen molar-refractivity contribution in [3.05, 3.63) is 74.8 Å². The van der Waals surface area contributed by atoms with Gasteiger partial charge in [0.1, 0.15) is 5.02 Å². The van der Waals surface area contributed by atoms with Crippen molar-refractivity contribution >= 4 is 23.2 Å². The van der Waals surface area contributed by atoms with E-state index in [1.54, 1.807) is 4.90 Å². The fourth-order valence-corrected chi connectivity index (χ4v) is 2.41. The third-order valence-electron chi connectivity index (χ3n) is 3.47. The van der Waals surface area contributed by atoms with Crippen LogP contribution in [0.25, 0.3) is 0 Å². The van der Waals surface area contributed by atoms with Gasteiger partial charge in [0, 0.05) is 24.2 Å². The van der Waals surface area contributed by atoms with E-state index in [2.05, 4.69) is 0 Å². The summed E-state index contributed by atoms with van der Waals surface area (Å²) in [6, 6.07) is 13.7. The largest absolute Gasteiger partial charge is 0.332 e. The van der Waals surface area contributed by atoms with Crippen molar-refractivity contribution in [3.8, 4) is 0 Å². The molecular weight excluding hydrogens is 316 g/mol. The Bertz CT molecular complexity index is 717. The Morgan fingerprint density at radius 1 is 1.22 bits per heavy atom. The minimum atomic E-state index is -0.587. The molecule has 5 nitrogen and oxygen atoms in total. The number of rotatable bonds is 5. The lowest BCUT2D eigenvalue weighted by Crippen LogP contribution is -2.36.